The summed E-state index contributed by atoms with van der Waals surface area (Å²) in [5, 5.41) is 0.951. The van der Waals surface area contributed by atoms with Crippen LogP contribution in [-0.2, 0) is 0 Å². The molecule has 0 radical (unpaired) electrons. The van der Waals surface area contributed by atoms with E-state index in [-0.39, 0.29) is 5.63 Å². The molecule has 0 aliphatic rings. The van der Waals surface area contributed by atoms with Gasteiger partial charge in [-0.15, -0.1) is 0 Å². The predicted molar refractivity (Wildman–Crippen MR) is 76.6 cm³/mol. The smallest absolute Gasteiger partial charge is 0.336 e. The van der Waals surface area contributed by atoms with Gasteiger partial charge >= 0.3 is 5.63 Å². The lowest BCUT2D eigenvalue weighted by Crippen LogP contribution is -1.93. The van der Waals surface area contributed by atoms with E-state index in [9.17, 15) is 4.79 Å². The minimum Gasteiger partial charge on any atom is -0.423 e. The maximum absolute atomic E-state index is 10.7. The molecule has 0 amide bonds. The van der Waals surface area contributed by atoms with E-state index in [4.69, 9.17) is 4.42 Å². The molecule has 0 aliphatic carbocycles. The van der Waals surface area contributed by atoms with Gasteiger partial charge in [0.15, 0.2) is 0 Å². The lowest BCUT2D eigenvalue weighted by atomic mass is 10.2. The molecule has 0 N–H and O–H groups in total. The van der Waals surface area contributed by atoms with E-state index in [0.29, 0.717) is 5.58 Å². The van der Waals surface area contributed by atoms with Crippen molar-refractivity contribution >= 4 is 26.9 Å². The Morgan fingerprint density at radius 2 is 1.44 bits per heavy atom. The Labute approximate surface area is 113 Å². The number of rotatable bonds is 0. The Morgan fingerprint density at radius 1 is 0.778 bits per heavy atom. The van der Waals surface area contributed by atoms with Gasteiger partial charge in [-0.1, -0.05) is 52.3 Å². The fourth-order valence-electron chi connectivity index (χ4n) is 1.43. The molecule has 3 aromatic rings. The Kier molecular flexibility index (Phi) is 4.31. The van der Waals surface area contributed by atoms with Crippen LogP contribution in [0.5, 0.6) is 0 Å². The van der Waals surface area contributed by atoms with Gasteiger partial charge in [-0.05, 0) is 24.3 Å². The van der Waals surface area contributed by atoms with E-state index in [1.165, 1.54) is 6.07 Å². The molecule has 1 aromatic heterocycles. The molecule has 0 unspecified atom stereocenters. The highest BCUT2D eigenvalue weighted by molar-refractivity contribution is 9.10. The first-order chi connectivity index (χ1) is 8.75. The summed E-state index contributed by atoms with van der Waals surface area (Å²) in [5.74, 6) is 0. The summed E-state index contributed by atoms with van der Waals surface area (Å²) in [6.45, 7) is 0. The molecular formula is C15H11BrO2. The van der Waals surface area contributed by atoms with Crippen molar-refractivity contribution in [1.29, 1.82) is 0 Å². The van der Waals surface area contributed by atoms with E-state index in [1.807, 2.05) is 48.5 Å². The highest BCUT2D eigenvalue weighted by Crippen LogP contribution is 2.09. The van der Waals surface area contributed by atoms with E-state index in [2.05, 4.69) is 15.9 Å². The van der Waals surface area contributed by atoms with Gasteiger partial charge in [0.1, 0.15) is 5.58 Å². The molecule has 0 saturated carbocycles. The number of para-hydroxylation sites is 1. The van der Waals surface area contributed by atoms with Crippen molar-refractivity contribution in [3.8, 4) is 0 Å². The first-order valence-corrected chi connectivity index (χ1v) is 6.24. The van der Waals surface area contributed by atoms with E-state index >= 15 is 0 Å². The second kappa shape index (κ2) is 6.17. The van der Waals surface area contributed by atoms with Crippen LogP contribution >= 0.6 is 15.9 Å². The summed E-state index contributed by atoms with van der Waals surface area (Å²) in [4.78, 5) is 10.7. The average molecular weight is 303 g/mol. The predicted octanol–water partition coefficient (Wildman–Crippen LogP) is 4.24. The molecule has 0 saturated heterocycles. The molecule has 0 bridgehead atoms. The molecule has 0 aliphatic heterocycles. The highest BCUT2D eigenvalue weighted by atomic mass is 79.9. The van der Waals surface area contributed by atoms with Gasteiger partial charge in [0, 0.05) is 15.9 Å². The molecule has 18 heavy (non-hydrogen) atoms. The van der Waals surface area contributed by atoms with Crippen LogP contribution in [0.4, 0.5) is 0 Å². The Balaban J connectivity index is 0.000000149. The van der Waals surface area contributed by atoms with Gasteiger partial charge in [0.05, 0.1) is 0 Å². The molecule has 90 valence electrons. The van der Waals surface area contributed by atoms with Crippen molar-refractivity contribution in [2.45, 2.75) is 0 Å². The van der Waals surface area contributed by atoms with Crippen LogP contribution in [0, 0.1) is 0 Å². The summed E-state index contributed by atoms with van der Waals surface area (Å²) in [5.41, 5.74) is 0.337. The number of halogens is 1. The van der Waals surface area contributed by atoms with Crippen molar-refractivity contribution in [2.24, 2.45) is 0 Å². The zero-order valence-electron chi connectivity index (χ0n) is 9.55. The third-order valence-corrected chi connectivity index (χ3v) is 2.79. The zero-order chi connectivity index (χ0) is 12.8. The van der Waals surface area contributed by atoms with Crippen LogP contribution < -0.4 is 5.63 Å². The third-order valence-electron chi connectivity index (χ3n) is 2.26. The van der Waals surface area contributed by atoms with Crippen LogP contribution in [-0.4, -0.2) is 0 Å². The lowest BCUT2D eigenvalue weighted by Gasteiger charge is -1.91. The fourth-order valence-corrected chi connectivity index (χ4v) is 1.73. The molecule has 0 spiro atoms. The number of hydrogen-bond acceptors (Lipinski definition) is 2. The molecule has 3 rings (SSSR count). The molecule has 1 heterocycles. The molecule has 3 heteroatoms. The van der Waals surface area contributed by atoms with Gasteiger partial charge in [-0.3, -0.25) is 0 Å². The Morgan fingerprint density at radius 3 is 2.11 bits per heavy atom. The zero-order valence-corrected chi connectivity index (χ0v) is 11.1. The molecule has 0 atom stereocenters. The minimum absolute atomic E-state index is 0.302. The van der Waals surface area contributed by atoms with Crippen LogP contribution in [0.2, 0.25) is 0 Å². The first-order valence-electron chi connectivity index (χ1n) is 5.45. The lowest BCUT2D eigenvalue weighted by molar-refractivity contribution is 0.561. The normalized spacial score (nSPS) is 9.61. The van der Waals surface area contributed by atoms with Crippen LogP contribution in [0.1, 0.15) is 0 Å². The van der Waals surface area contributed by atoms with Gasteiger partial charge in [0.25, 0.3) is 0 Å². The van der Waals surface area contributed by atoms with Crippen LogP contribution in [0.25, 0.3) is 11.0 Å². The standard InChI is InChI=1S/C9H6O2.C6H5Br/c10-9-6-5-7-3-1-2-4-8(7)11-9;7-6-4-2-1-3-5-6/h1-6H;1-5H. The summed E-state index contributed by atoms with van der Waals surface area (Å²) in [7, 11) is 0. The van der Waals surface area contributed by atoms with Gasteiger partial charge < -0.3 is 4.42 Å². The number of benzene rings is 2. The molecule has 2 aromatic carbocycles. The van der Waals surface area contributed by atoms with Crippen molar-refractivity contribution in [2.75, 3.05) is 0 Å². The maximum atomic E-state index is 10.7. The van der Waals surface area contributed by atoms with E-state index in [1.54, 1.807) is 12.1 Å². The molecule has 2 nitrogen and oxygen atoms in total. The van der Waals surface area contributed by atoms with Gasteiger partial charge in [0.2, 0.25) is 0 Å². The highest BCUT2D eigenvalue weighted by Gasteiger charge is 1.92. The summed E-state index contributed by atoms with van der Waals surface area (Å²) in [6.07, 6.45) is 0. The SMILES string of the molecule is Brc1ccccc1.O=c1ccc2ccccc2o1. The second-order valence-electron chi connectivity index (χ2n) is 3.59. The van der Waals surface area contributed by atoms with Crippen molar-refractivity contribution in [1.82, 2.24) is 0 Å². The Hall–Kier alpha value is -1.87. The average Bonchev–Trinajstić information content (AvgIpc) is 2.40. The Bertz CT molecular complexity index is 674. The maximum Gasteiger partial charge on any atom is 0.336 e. The van der Waals surface area contributed by atoms with Gasteiger partial charge in [-0.2, -0.15) is 0 Å². The first kappa shape index (κ1) is 12.6. The quantitative estimate of drug-likeness (QED) is 0.581. The van der Waals surface area contributed by atoms with Crippen molar-refractivity contribution in [3.05, 3.63) is 81.6 Å². The summed E-state index contributed by atoms with van der Waals surface area (Å²) < 4.78 is 6.04. The van der Waals surface area contributed by atoms with Gasteiger partial charge in [-0.25, -0.2) is 4.79 Å². The van der Waals surface area contributed by atoms with Crippen molar-refractivity contribution < 1.29 is 4.42 Å². The summed E-state index contributed by atoms with van der Waals surface area (Å²) >= 11 is 3.31. The minimum atomic E-state index is -0.302. The largest absolute Gasteiger partial charge is 0.423 e. The van der Waals surface area contributed by atoms with E-state index < -0.39 is 0 Å². The number of hydrogen-bond donors (Lipinski definition) is 0. The third kappa shape index (κ3) is 3.57. The molecular weight excluding hydrogens is 292 g/mol. The summed E-state index contributed by atoms with van der Waals surface area (Å²) in [6, 6.07) is 20.6. The molecule has 0 fully saturated rings. The monoisotopic (exact) mass is 302 g/mol. The second-order valence-corrected chi connectivity index (χ2v) is 4.50. The van der Waals surface area contributed by atoms with Crippen LogP contribution in [0.15, 0.2) is 80.4 Å². The van der Waals surface area contributed by atoms with E-state index in [0.717, 1.165) is 9.86 Å². The fraction of sp³-hybridized carbons (Fsp3) is 0. The van der Waals surface area contributed by atoms with Crippen LogP contribution in [0.3, 0.4) is 0 Å². The topological polar surface area (TPSA) is 30.2 Å². The van der Waals surface area contributed by atoms with Crippen molar-refractivity contribution in [3.63, 3.8) is 0 Å². The number of fused-ring (bicyclic) bond motifs is 1.